The van der Waals surface area contributed by atoms with Gasteiger partial charge in [0.25, 0.3) is 0 Å². The molecule has 6 nitrogen and oxygen atoms in total. The van der Waals surface area contributed by atoms with Crippen LogP contribution in [0.4, 0.5) is 0 Å². The maximum absolute atomic E-state index is 11.9. The van der Waals surface area contributed by atoms with Crippen molar-refractivity contribution in [2.75, 3.05) is 6.61 Å². The molecule has 5 rings (SSSR count). The van der Waals surface area contributed by atoms with Crippen molar-refractivity contribution in [3.05, 3.63) is 0 Å². The summed E-state index contributed by atoms with van der Waals surface area (Å²) in [7, 11) is 0. The lowest BCUT2D eigenvalue weighted by Gasteiger charge is -2.61. The second-order valence-electron chi connectivity index (χ2n) is 6.81. The Balaban J connectivity index is 1.74. The van der Waals surface area contributed by atoms with Gasteiger partial charge in [0.2, 0.25) is 5.60 Å². The van der Waals surface area contributed by atoms with Crippen LogP contribution < -0.4 is 0 Å². The van der Waals surface area contributed by atoms with E-state index in [0.717, 1.165) is 19.3 Å². The van der Waals surface area contributed by atoms with E-state index in [4.69, 9.17) is 9.78 Å². The molecule has 1 aliphatic heterocycles. The third-order valence-electron chi connectivity index (χ3n) is 5.75. The first-order valence-corrected chi connectivity index (χ1v) is 7.01. The van der Waals surface area contributed by atoms with Crippen LogP contribution in [0.15, 0.2) is 0 Å². The van der Waals surface area contributed by atoms with Crippen LogP contribution in [-0.2, 0) is 24.6 Å². The predicted octanol–water partition coefficient (Wildman–Crippen LogP) is 1.85. The number of rotatable bonds is 2. The van der Waals surface area contributed by atoms with Crippen molar-refractivity contribution in [3.63, 3.8) is 0 Å². The Labute approximate surface area is 110 Å². The summed E-state index contributed by atoms with van der Waals surface area (Å²) >= 11 is 0. The lowest BCUT2D eigenvalue weighted by molar-refractivity contribution is -0.692. The first-order chi connectivity index (χ1) is 9.14. The van der Waals surface area contributed by atoms with Gasteiger partial charge >= 0.3 is 5.97 Å². The highest BCUT2D eigenvalue weighted by Gasteiger charge is 2.67. The molecule has 106 valence electrons. The topological polar surface area (TPSA) is 74.2 Å². The van der Waals surface area contributed by atoms with Crippen molar-refractivity contribution >= 4 is 5.97 Å². The maximum atomic E-state index is 11.9. The van der Waals surface area contributed by atoms with Crippen molar-refractivity contribution in [1.29, 1.82) is 0 Å². The molecule has 0 amide bonds. The molecular formula is C13H18O6. The molecule has 1 unspecified atom stereocenters. The highest BCUT2D eigenvalue weighted by Crippen LogP contribution is 2.64. The minimum Gasteiger partial charge on any atom is -0.479 e. The fourth-order valence-corrected chi connectivity index (χ4v) is 5.39. The molecule has 4 saturated carbocycles. The monoisotopic (exact) mass is 270 g/mol. The van der Waals surface area contributed by atoms with E-state index >= 15 is 0 Å². The predicted molar refractivity (Wildman–Crippen MR) is 60.2 cm³/mol. The second-order valence-corrected chi connectivity index (χ2v) is 6.81. The van der Waals surface area contributed by atoms with Gasteiger partial charge in [0.05, 0.1) is 0 Å². The van der Waals surface area contributed by atoms with E-state index in [-0.39, 0.29) is 12.0 Å². The molecule has 4 bridgehead atoms. The summed E-state index contributed by atoms with van der Waals surface area (Å²) in [5.74, 6) is 0.898. The van der Waals surface area contributed by atoms with Crippen LogP contribution >= 0.6 is 0 Å². The highest BCUT2D eigenvalue weighted by molar-refractivity contribution is 5.79. The quantitative estimate of drug-likeness (QED) is 0.772. The zero-order valence-corrected chi connectivity index (χ0v) is 10.7. The van der Waals surface area contributed by atoms with Gasteiger partial charge in [-0.3, -0.25) is 0 Å². The number of carbonyl (C=O) groups is 1. The van der Waals surface area contributed by atoms with E-state index in [1.807, 2.05) is 0 Å². The van der Waals surface area contributed by atoms with E-state index in [0.29, 0.717) is 17.8 Å². The molecular weight excluding hydrogens is 252 g/mol. The Kier molecular flexibility index (Phi) is 2.49. The number of hydrogen-bond donors (Lipinski definition) is 1. The van der Waals surface area contributed by atoms with E-state index in [2.05, 4.69) is 10.1 Å². The van der Waals surface area contributed by atoms with Gasteiger partial charge < -0.3 is 5.11 Å². The zero-order valence-electron chi connectivity index (χ0n) is 10.7. The molecule has 1 N–H and O–H groups in total. The van der Waals surface area contributed by atoms with Crippen LogP contribution in [-0.4, -0.2) is 23.3 Å². The molecule has 0 aromatic heterocycles. The van der Waals surface area contributed by atoms with Crippen LogP contribution in [0.25, 0.3) is 0 Å². The molecule has 1 saturated heterocycles. The first-order valence-electron chi connectivity index (χ1n) is 7.01. The van der Waals surface area contributed by atoms with Crippen LogP contribution in [0, 0.1) is 23.2 Å². The van der Waals surface area contributed by atoms with Crippen molar-refractivity contribution < 1.29 is 29.8 Å². The average Bonchev–Trinajstić information content (AvgIpc) is 2.37. The molecule has 4 aliphatic carbocycles. The van der Waals surface area contributed by atoms with Gasteiger partial charge in [-0.15, -0.1) is 0 Å². The van der Waals surface area contributed by atoms with Crippen molar-refractivity contribution in [2.45, 2.75) is 44.1 Å². The van der Waals surface area contributed by atoms with E-state index in [1.165, 1.54) is 19.3 Å². The summed E-state index contributed by atoms with van der Waals surface area (Å²) in [5, 5.41) is 18.4. The third kappa shape index (κ3) is 1.54. The third-order valence-corrected chi connectivity index (χ3v) is 5.75. The summed E-state index contributed by atoms with van der Waals surface area (Å²) in [4.78, 5) is 21.8. The largest absolute Gasteiger partial charge is 0.479 e. The van der Waals surface area contributed by atoms with E-state index in [9.17, 15) is 9.90 Å². The lowest BCUT2D eigenvalue weighted by atomic mass is 9.45. The SMILES string of the molecule is O=C(O)C1(C23CC4CC(CC(C4)C2)C3)COOOO1. The first kappa shape index (κ1) is 12.1. The summed E-state index contributed by atoms with van der Waals surface area (Å²) < 4.78 is 0. The smallest absolute Gasteiger partial charge is 0.342 e. The van der Waals surface area contributed by atoms with E-state index in [1.54, 1.807) is 0 Å². The number of carboxylic acid groups (broad SMARTS) is 1. The van der Waals surface area contributed by atoms with Gasteiger partial charge in [-0.05, 0) is 66.4 Å². The minimum absolute atomic E-state index is 0.103. The van der Waals surface area contributed by atoms with Crippen molar-refractivity contribution in [3.8, 4) is 0 Å². The fraction of sp³-hybridized carbons (Fsp3) is 0.923. The molecule has 1 atom stereocenters. The normalized spacial score (nSPS) is 52.3. The van der Waals surface area contributed by atoms with Gasteiger partial charge in [-0.1, -0.05) is 0 Å². The van der Waals surface area contributed by atoms with Crippen LogP contribution in [0.5, 0.6) is 0 Å². The summed E-state index contributed by atoms with van der Waals surface area (Å²) in [6, 6.07) is 0. The Bertz CT molecular complexity index is 365. The molecule has 0 radical (unpaired) electrons. The van der Waals surface area contributed by atoms with Gasteiger partial charge in [0.15, 0.2) is 0 Å². The van der Waals surface area contributed by atoms with Gasteiger partial charge in [-0.2, -0.15) is 9.78 Å². The highest BCUT2D eigenvalue weighted by atomic mass is 17.7. The van der Waals surface area contributed by atoms with Crippen molar-refractivity contribution in [2.24, 2.45) is 23.2 Å². The number of carboxylic acids is 1. The summed E-state index contributed by atoms with van der Waals surface area (Å²) in [6.07, 6.45) is 6.43. The summed E-state index contributed by atoms with van der Waals surface area (Å²) in [6.45, 7) is -0.103. The molecule has 0 spiro atoms. The standard InChI is InChI=1S/C13H18O6/c14-11(15)13(7-16-18-19-17-13)12-4-8-1-9(5-12)3-10(2-8)6-12/h8-10H,1-7H2,(H,14,15). The molecule has 1 heterocycles. The molecule has 0 aromatic carbocycles. The molecule has 19 heavy (non-hydrogen) atoms. The van der Waals surface area contributed by atoms with Crippen LogP contribution in [0.3, 0.4) is 0 Å². The Morgan fingerprint density at radius 2 is 1.58 bits per heavy atom. The Morgan fingerprint density at radius 1 is 1.00 bits per heavy atom. The number of hydrogen-bond acceptors (Lipinski definition) is 5. The van der Waals surface area contributed by atoms with Crippen molar-refractivity contribution in [1.82, 2.24) is 0 Å². The number of aliphatic carboxylic acids is 1. The van der Waals surface area contributed by atoms with Crippen LogP contribution in [0.2, 0.25) is 0 Å². The van der Waals surface area contributed by atoms with Gasteiger partial charge in [0, 0.05) is 5.41 Å². The van der Waals surface area contributed by atoms with Gasteiger partial charge in [0.1, 0.15) is 6.61 Å². The van der Waals surface area contributed by atoms with E-state index < -0.39 is 11.6 Å². The Morgan fingerprint density at radius 3 is 2.00 bits per heavy atom. The summed E-state index contributed by atoms with van der Waals surface area (Å²) in [5.41, 5.74) is -1.78. The molecule has 6 heteroatoms. The molecule has 5 aliphatic rings. The Hall–Kier alpha value is -0.690. The lowest BCUT2D eigenvalue weighted by Crippen LogP contribution is -2.66. The minimum atomic E-state index is -1.42. The maximum Gasteiger partial charge on any atom is 0.342 e. The average molecular weight is 270 g/mol. The zero-order chi connectivity index (χ0) is 13.1. The van der Waals surface area contributed by atoms with Crippen LogP contribution in [0.1, 0.15) is 38.5 Å². The molecule has 0 aromatic rings. The second kappa shape index (κ2) is 3.91. The van der Waals surface area contributed by atoms with Gasteiger partial charge in [-0.25, -0.2) is 4.79 Å². The fourth-order valence-electron chi connectivity index (χ4n) is 5.39. The molecule has 5 fully saturated rings.